The number of hydrogen-bond acceptors (Lipinski definition) is 3. The molecular weight excluding hydrogens is 252 g/mol. The summed E-state index contributed by atoms with van der Waals surface area (Å²) >= 11 is 1.93. The van der Waals surface area contributed by atoms with Gasteiger partial charge in [-0.15, -0.1) is 11.3 Å². The first-order valence-electron chi connectivity index (χ1n) is 7.22. The predicted octanol–water partition coefficient (Wildman–Crippen LogP) is 4.11. The van der Waals surface area contributed by atoms with E-state index in [0.717, 1.165) is 13.1 Å². The van der Waals surface area contributed by atoms with Crippen LogP contribution < -0.4 is 5.32 Å². The van der Waals surface area contributed by atoms with Crippen LogP contribution in [-0.4, -0.2) is 23.5 Å². The van der Waals surface area contributed by atoms with E-state index in [2.05, 4.69) is 70.9 Å². The average molecular weight is 282 g/mol. The summed E-state index contributed by atoms with van der Waals surface area (Å²) in [4.78, 5) is 5.33. The topological polar surface area (TPSA) is 15.3 Å². The highest BCUT2D eigenvalue weighted by Crippen LogP contribution is 2.20. The average Bonchev–Trinajstić information content (AvgIpc) is 2.72. The lowest BCUT2D eigenvalue weighted by Crippen LogP contribution is -2.34. The van der Waals surface area contributed by atoms with Crippen LogP contribution in [0.5, 0.6) is 0 Å². The summed E-state index contributed by atoms with van der Waals surface area (Å²) in [6.45, 7) is 15.5. The van der Waals surface area contributed by atoms with Crippen LogP contribution in [0, 0.1) is 5.92 Å². The van der Waals surface area contributed by atoms with Crippen molar-refractivity contribution in [1.29, 1.82) is 0 Å². The van der Waals surface area contributed by atoms with E-state index >= 15 is 0 Å². The number of thiophene rings is 1. The highest BCUT2D eigenvalue weighted by molar-refractivity contribution is 7.11. The van der Waals surface area contributed by atoms with Crippen molar-refractivity contribution in [3.63, 3.8) is 0 Å². The third kappa shape index (κ3) is 6.07. The lowest BCUT2D eigenvalue weighted by molar-refractivity contribution is 0.202. The Labute approximate surface area is 123 Å². The van der Waals surface area contributed by atoms with Crippen LogP contribution in [0.2, 0.25) is 0 Å². The van der Waals surface area contributed by atoms with Crippen LogP contribution in [0.1, 0.15) is 51.3 Å². The third-order valence-electron chi connectivity index (χ3n) is 3.58. The van der Waals surface area contributed by atoms with Crippen LogP contribution in [-0.2, 0) is 13.1 Å². The second-order valence-electron chi connectivity index (χ2n) is 6.87. The first-order valence-corrected chi connectivity index (χ1v) is 8.03. The van der Waals surface area contributed by atoms with E-state index in [1.165, 1.54) is 9.75 Å². The lowest BCUT2D eigenvalue weighted by Gasteiger charge is -2.27. The van der Waals surface area contributed by atoms with Gasteiger partial charge in [0.05, 0.1) is 0 Å². The van der Waals surface area contributed by atoms with Gasteiger partial charge in [0.15, 0.2) is 0 Å². The number of rotatable bonds is 6. The number of hydrogen-bond donors (Lipinski definition) is 1. The van der Waals surface area contributed by atoms with Crippen molar-refractivity contribution >= 4 is 11.3 Å². The molecule has 3 heteroatoms. The minimum Gasteiger partial charge on any atom is -0.307 e. The van der Waals surface area contributed by atoms with E-state index in [9.17, 15) is 0 Å². The van der Waals surface area contributed by atoms with E-state index in [4.69, 9.17) is 0 Å². The van der Waals surface area contributed by atoms with E-state index < -0.39 is 0 Å². The zero-order valence-corrected chi connectivity index (χ0v) is 14.4. The number of nitrogens with one attached hydrogen (secondary N) is 1. The molecule has 110 valence electrons. The first kappa shape index (κ1) is 16.7. The Hall–Kier alpha value is -0.380. The second-order valence-corrected chi connectivity index (χ2v) is 8.12. The molecule has 0 radical (unpaired) electrons. The summed E-state index contributed by atoms with van der Waals surface area (Å²) < 4.78 is 0. The summed E-state index contributed by atoms with van der Waals surface area (Å²) in [5.74, 6) is 0.701. The van der Waals surface area contributed by atoms with Gasteiger partial charge in [0.2, 0.25) is 0 Å². The summed E-state index contributed by atoms with van der Waals surface area (Å²) in [5.41, 5.74) is 0.188. The van der Waals surface area contributed by atoms with Crippen molar-refractivity contribution in [2.24, 2.45) is 5.92 Å². The monoisotopic (exact) mass is 282 g/mol. The fraction of sp³-hybridized carbons (Fsp3) is 0.750. The van der Waals surface area contributed by atoms with Gasteiger partial charge in [-0.1, -0.05) is 13.8 Å². The smallest absolute Gasteiger partial charge is 0.0327 e. The van der Waals surface area contributed by atoms with Crippen molar-refractivity contribution in [3.8, 4) is 0 Å². The Morgan fingerprint density at radius 2 is 1.74 bits per heavy atom. The molecule has 0 amide bonds. The number of nitrogens with zero attached hydrogens (tertiary/aromatic N) is 1. The van der Waals surface area contributed by atoms with Gasteiger partial charge in [-0.05, 0) is 52.8 Å². The van der Waals surface area contributed by atoms with Crippen molar-refractivity contribution in [2.45, 2.75) is 66.2 Å². The van der Waals surface area contributed by atoms with Gasteiger partial charge in [-0.2, -0.15) is 0 Å². The standard InChI is InChI=1S/C16H30N2S/c1-12(2)13(3)18(7)11-15-9-8-14(19-15)10-17-16(4,5)6/h8-9,12-13,17H,10-11H2,1-7H3. The third-order valence-corrected chi connectivity index (χ3v) is 4.65. The van der Waals surface area contributed by atoms with Gasteiger partial charge in [0.1, 0.15) is 0 Å². The summed E-state index contributed by atoms with van der Waals surface area (Å²) in [6.07, 6.45) is 0. The molecule has 2 nitrogen and oxygen atoms in total. The van der Waals surface area contributed by atoms with Gasteiger partial charge in [-0.3, -0.25) is 4.90 Å². The maximum Gasteiger partial charge on any atom is 0.0327 e. The van der Waals surface area contributed by atoms with Crippen molar-refractivity contribution in [3.05, 3.63) is 21.9 Å². The van der Waals surface area contributed by atoms with Gasteiger partial charge in [0, 0.05) is 34.4 Å². The van der Waals surface area contributed by atoms with Crippen molar-refractivity contribution in [1.82, 2.24) is 10.2 Å². The minimum atomic E-state index is 0.188. The fourth-order valence-corrected chi connectivity index (χ4v) is 2.87. The molecule has 0 aliphatic rings. The summed E-state index contributed by atoms with van der Waals surface area (Å²) in [6, 6.07) is 5.15. The Morgan fingerprint density at radius 1 is 1.16 bits per heavy atom. The molecule has 0 aliphatic heterocycles. The van der Waals surface area contributed by atoms with E-state index in [1.807, 2.05) is 11.3 Å². The highest BCUT2D eigenvalue weighted by Gasteiger charge is 2.14. The molecular formula is C16H30N2S. The molecule has 1 unspecified atom stereocenters. The Balaban J connectivity index is 2.51. The van der Waals surface area contributed by atoms with Gasteiger partial charge < -0.3 is 5.32 Å². The zero-order valence-electron chi connectivity index (χ0n) is 13.6. The molecule has 1 aromatic rings. The van der Waals surface area contributed by atoms with Gasteiger partial charge in [-0.25, -0.2) is 0 Å². The van der Waals surface area contributed by atoms with Gasteiger partial charge >= 0.3 is 0 Å². The maximum atomic E-state index is 3.54. The summed E-state index contributed by atoms with van der Waals surface area (Å²) in [7, 11) is 2.22. The quantitative estimate of drug-likeness (QED) is 0.844. The Kier molecular flexibility index (Phi) is 6.03. The normalized spacial score (nSPS) is 14.4. The minimum absolute atomic E-state index is 0.188. The second kappa shape index (κ2) is 6.87. The molecule has 0 aromatic carbocycles. The SMILES string of the molecule is CC(C)C(C)N(C)Cc1ccc(CNC(C)(C)C)s1. The van der Waals surface area contributed by atoms with E-state index in [-0.39, 0.29) is 5.54 Å². The maximum absolute atomic E-state index is 3.54. The molecule has 19 heavy (non-hydrogen) atoms. The molecule has 0 aliphatic carbocycles. The molecule has 1 N–H and O–H groups in total. The van der Waals surface area contributed by atoms with Gasteiger partial charge in [0.25, 0.3) is 0 Å². The highest BCUT2D eigenvalue weighted by atomic mass is 32.1. The molecule has 0 spiro atoms. The van der Waals surface area contributed by atoms with Crippen molar-refractivity contribution < 1.29 is 0 Å². The summed E-state index contributed by atoms with van der Waals surface area (Å²) in [5, 5.41) is 3.54. The van der Waals surface area contributed by atoms with E-state index in [1.54, 1.807) is 0 Å². The van der Waals surface area contributed by atoms with Crippen LogP contribution in [0.3, 0.4) is 0 Å². The van der Waals surface area contributed by atoms with Crippen LogP contribution in [0.15, 0.2) is 12.1 Å². The van der Waals surface area contributed by atoms with Crippen LogP contribution >= 0.6 is 11.3 Å². The lowest BCUT2D eigenvalue weighted by atomic mass is 10.1. The Bertz CT molecular complexity index is 376. The molecule has 1 aromatic heterocycles. The zero-order chi connectivity index (χ0) is 14.6. The molecule has 1 rings (SSSR count). The first-order chi connectivity index (χ1) is 8.69. The van der Waals surface area contributed by atoms with Crippen LogP contribution in [0.25, 0.3) is 0 Å². The Morgan fingerprint density at radius 3 is 2.26 bits per heavy atom. The molecule has 1 heterocycles. The molecule has 0 saturated carbocycles. The van der Waals surface area contributed by atoms with E-state index in [0.29, 0.717) is 12.0 Å². The van der Waals surface area contributed by atoms with Crippen molar-refractivity contribution in [2.75, 3.05) is 7.05 Å². The predicted molar refractivity (Wildman–Crippen MR) is 86.7 cm³/mol. The molecule has 0 bridgehead atoms. The fourth-order valence-electron chi connectivity index (χ4n) is 1.85. The molecule has 0 fully saturated rings. The molecule has 0 saturated heterocycles. The largest absolute Gasteiger partial charge is 0.307 e. The molecule has 1 atom stereocenters. The van der Waals surface area contributed by atoms with Crippen LogP contribution in [0.4, 0.5) is 0 Å².